The fraction of sp³-hybridized carbons (Fsp3) is 0.500. The van der Waals surface area contributed by atoms with E-state index in [1.165, 1.54) is 0 Å². The maximum absolute atomic E-state index is 12.4. The maximum atomic E-state index is 12.4. The van der Waals surface area contributed by atoms with Crippen LogP contribution in [-0.2, 0) is 20.0 Å². The van der Waals surface area contributed by atoms with Crippen molar-refractivity contribution in [2.24, 2.45) is 10.6 Å². The molecule has 0 saturated heterocycles. The van der Waals surface area contributed by atoms with Crippen molar-refractivity contribution in [1.82, 2.24) is 0 Å². The number of oxime groups is 1. The minimum atomic E-state index is -1.14. The molecule has 0 spiro atoms. The van der Waals surface area contributed by atoms with Gasteiger partial charge in [0.2, 0.25) is 0 Å². The van der Waals surface area contributed by atoms with Crippen LogP contribution in [0.2, 0.25) is 0 Å². The summed E-state index contributed by atoms with van der Waals surface area (Å²) in [6, 6.07) is 9.42. The molecule has 108 valence electrons. The van der Waals surface area contributed by atoms with Gasteiger partial charge in [-0.05, 0) is 6.92 Å². The smallest absolute Gasteiger partial charge is 0.358 e. The molecule has 0 aromatic heterocycles. The Hall–Kier alpha value is -1.84. The molecule has 1 unspecified atom stereocenters. The third-order valence-corrected chi connectivity index (χ3v) is 3.44. The molecule has 4 nitrogen and oxygen atoms in total. The average molecular weight is 275 g/mol. The lowest BCUT2D eigenvalue weighted by molar-refractivity contribution is -0.170. The first-order chi connectivity index (χ1) is 9.40. The van der Waals surface area contributed by atoms with Crippen LogP contribution in [0.25, 0.3) is 0 Å². The van der Waals surface area contributed by atoms with E-state index in [9.17, 15) is 4.79 Å². The van der Waals surface area contributed by atoms with Gasteiger partial charge in [-0.3, -0.25) is 0 Å². The van der Waals surface area contributed by atoms with E-state index in [0.29, 0.717) is 13.0 Å². The van der Waals surface area contributed by atoms with Crippen LogP contribution < -0.4 is 0 Å². The Morgan fingerprint density at radius 2 is 2.00 bits per heavy atom. The van der Waals surface area contributed by atoms with Gasteiger partial charge in [0, 0.05) is 17.4 Å². The highest BCUT2D eigenvalue weighted by Crippen LogP contribution is 2.40. The van der Waals surface area contributed by atoms with Crippen molar-refractivity contribution >= 4 is 11.7 Å². The minimum Gasteiger partial charge on any atom is -0.463 e. The Balaban J connectivity index is 2.37. The van der Waals surface area contributed by atoms with Crippen molar-refractivity contribution in [2.45, 2.75) is 39.7 Å². The van der Waals surface area contributed by atoms with Crippen molar-refractivity contribution in [3.05, 3.63) is 35.9 Å². The third-order valence-electron chi connectivity index (χ3n) is 3.44. The number of carbonyl (C=O) groups excluding carboxylic acids is 1. The molecule has 1 aromatic carbocycles. The number of benzene rings is 1. The summed E-state index contributed by atoms with van der Waals surface area (Å²) in [6.07, 6.45) is 0.430. The molecule has 0 N–H and O–H groups in total. The van der Waals surface area contributed by atoms with Gasteiger partial charge in [-0.15, -0.1) is 0 Å². The third kappa shape index (κ3) is 2.55. The summed E-state index contributed by atoms with van der Waals surface area (Å²) in [5.74, 6) is -0.380. The SMILES string of the molecule is CCOC(=O)C1(c2ccccc2)CC(C(C)(C)C)=NO1. The van der Waals surface area contributed by atoms with Crippen LogP contribution >= 0.6 is 0 Å². The molecule has 0 amide bonds. The van der Waals surface area contributed by atoms with Crippen molar-refractivity contribution < 1.29 is 14.4 Å². The van der Waals surface area contributed by atoms with Gasteiger partial charge < -0.3 is 9.57 Å². The van der Waals surface area contributed by atoms with Crippen LogP contribution in [-0.4, -0.2) is 18.3 Å². The zero-order chi connectivity index (χ0) is 14.8. The summed E-state index contributed by atoms with van der Waals surface area (Å²) in [5, 5.41) is 4.16. The van der Waals surface area contributed by atoms with E-state index in [2.05, 4.69) is 25.9 Å². The fourth-order valence-corrected chi connectivity index (χ4v) is 2.17. The molecule has 0 aliphatic carbocycles. The summed E-state index contributed by atoms with van der Waals surface area (Å²) >= 11 is 0. The summed E-state index contributed by atoms with van der Waals surface area (Å²) < 4.78 is 5.21. The van der Waals surface area contributed by atoms with Gasteiger partial charge in [0.25, 0.3) is 5.60 Å². The number of hydrogen-bond acceptors (Lipinski definition) is 4. The summed E-state index contributed by atoms with van der Waals surface area (Å²) in [7, 11) is 0. The number of carbonyl (C=O) groups is 1. The number of esters is 1. The largest absolute Gasteiger partial charge is 0.463 e. The van der Waals surface area contributed by atoms with Crippen LogP contribution in [0.4, 0.5) is 0 Å². The first-order valence-electron chi connectivity index (χ1n) is 6.88. The number of hydrogen-bond donors (Lipinski definition) is 0. The molecule has 1 aromatic rings. The second kappa shape index (κ2) is 5.27. The lowest BCUT2D eigenvalue weighted by atomic mass is 9.80. The minimum absolute atomic E-state index is 0.136. The summed E-state index contributed by atoms with van der Waals surface area (Å²) in [6.45, 7) is 8.28. The molecule has 1 aliphatic heterocycles. The molecular weight excluding hydrogens is 254 g/mol. The van der Waals surface area contributed by atoms with E-state index in [-0.39, 0.29) is 11.4 Å². The van der Waals surface area contributed by atoms with Crippen LogP contribution in [0.15, 0.2) is 35.5 Å². The summed E-state index contributed by atoms with van der Waals surface area (Å²) in [5.41, 5.74) is 0.374. The second-order valence-electron chi connectivity index (χ2n) is 5.97. The molecule has 1 aliphatic rings. The number of ether oxygens (including phenoxy) is 1. The molecule has 20 heavy (non-hydrogen) atoms. The quantitative estimate of drug-likeness (QED) is 0.795. The van der Waals surface area contributed by atoms with Crippen LogP contribution in [0.5, 0.6) is 0 Å². The zero-order valence-electron chi connectivity index (χ0n) is 12.5. The monoisotopic (exact) mass is 275 g/mol. The van der Waals surface area contributed by atoms with E-state index in [1.54, 1.807) is 6.92 Å². The standard InChI is InChI=1S/C16H21NO3/c1-5-19-14(18)16(12-9-7-6-8-10-12)11-13(17-20-16)15(2,3)4/h6-10H,5,11H2,1-4H3. The summed E-state index contributed by atoms with van der Waals surface area (Å²) in [4.78, 5) is 18.0. The molecule has 0 fully saturated rings. The van der Waals surface area contributed by atoms with E-state index in [4.69, 9.17) is 9.57 Å². The highest BCUT2D eigenvalue weighted by molar-refractivity contribution is 5.97. The van der Waals surface area contributed by atoms with E-state index in [1.807, 2.05) is 30.3 Å². The Morgan fingerprint density at radius 3 is 2.50 bits per heavy atom. The van der Waals surface area contributed by atoms with E-state index < -0.39 is 5.60 Å². The van der Waals surface area contributed by atoms with Crippen molar-refractivity contribution in [1.29, 1.82) is 0 Å². The van der Waals surface area contributed by atoms with Crippen molar-refractivity contribution in [2.75, 3.05) is 6.61 Å². The first-order valence-corrected chi connectivity index (χ1v) is 6.88. The van der Waals surface area contributed by atoms with E-state index in [0.717, 1.165) is 11.3 Å². The average Bonchev–Trinajstić information content (AvgIpc) is 2.86. The zero-order valence-corrected chi connectivity index (χ0v) is 12.5. The van der Waals surface area contributed by atoms with Crippen molar-refractivity contribution in [3.8, 4) is 0 Å². The van der Waals surface area contributed by atoms with Gasteiger partial charge in [0.05, 0.1) is 12.3 Å². The Morgan fingerprint density at radius 1 is 1.35 bits per heavy atom. The predicted octanol–water partition coefficient (Wildman–Crippen LogP) is 3.27. The Bertz CT molecular complexity index is 516. The lowest BCUT2D eigenvalue weighted by Gasteiger charge is -2.25. The Kier molecular flexibility index (Phi) is 3.84. The van der Waals surface area contributed by atoms with E-state index >= 15 is 0 Å². The van der Waals surface area contributed by atoms with Gasteiger partial charge >= 0.3 is 5.97 Å². The normalized spacial score (nSPS) is 22.1. The van der Waals surface area contributed by atoms with Crippen LogP contribution in [0.1, 0.15) is 39.7 Å². The number of rotatable bonds is 3. The van der Waals surface area contributed by atoms with Crippen molar-refractivity contribution in [3.63, 3.8) is 0 Å². The highest BCUT2D eigenvalue weighted by Gasteiger charge is 2.51. The maximum Gasteiger partial charge on any atom is 0.358 e. The molecular formula is C16H21NO3. The predicted molar refractivity (Wildman–Crippen MR) is 77.3 cm³/mol. The van der Waals surface area contributed by atoms with Gasteiger partial charge in [-0.1, -0.05) is 56.3 Å². The molecule has 1 heterocycles. The van der Waals surface area contributed by atoms with Gasteiger partial charge in [0.15, 0.2) is 0 Å². The molecule has 0 bridgehead atoms. The molecule has 4 heteroatoms. The fourth-order valence-electron chi connectivity index (χ4n) is 2.17. The molecule has 1 atom stereocenters. The topological polar surface area (TPSA) is 47.9 Å². The number of nitrogens with zero attached hydrogens (tertiary/aromatic N) is 1. The van der Waals surface area contributed by atoms with Crippen LogP contribution in [0, 0.1) is 5.41 Å². The highest BCUT2D eigenvalue weighted by atomic mass is 16.7. The van der Waals surface area contributed by atoms with Gasteiger partial charge in [-0.25, -0.2) is 4.79 Å². The van der Waals surface area contributed by atoms with Gasteiger partial charge in [0.1, 0.15) is 0 Å². The Labute approximate surface area is 119 Å². The molecule has 2 rings (SSSR count). The molecule has 0 radical (unpaired) electrons. The van der Waals surface area contributed by atoms with Gasteiger partial charge in [-0.2, -0.15) is 0 Å². The second-order valence-corrected chi connectivity index (χ2v) is 5.97. The van der Waals surface area contributed by atoms with Crippen LogP contribution in [0.3, 0.4) is 0 Å². The molecule has 0 saturated carbocycles. The lowest BCUT2D eigenvalue weighted by Crippen LogP contribution is -2.39. The first kappa shape index (κ1) is 14.6.